The molecule has 0 saturated heterocycles. The summed E-state index contributed by atoms with van der Waals surface area (Å²) in [5, 5.41) is 14.1. The van der Waals surface area contributed by atoms with E-state index in [9.17, 15) is 10.0 Å². The van der Waals surface area contributed by atoms with Gasteiger partial charge in [0.25, 0.3) is 0 Å². The fourth-order valence-electron chi connectivity index (χ4n) is 2.17. The van der Waals surface area contributed by atoms with E-state index in [0.29, 0.717) is 18.7 Å². The second-order valence-corrected chi connectivity index (χ2v) is 5.48. The zero-order valence-electron chi connectivity index (χ0n) is 11.1. The van der Waals surface area contributed by atoms with Gasteiger partial charge in [-0.3, -0.25) is 4.79 Å². The van der Waals surface area contributed by atoms with Crippen molar-refractivity contribution in [1.82, 2.24) is 10.4 Å². The molecule has 1 amide bonds. The summed E-state index contributed by atoms with van der Waals surface area (Å²) >= 11 is 0. The summed E-state index contributed by atoms with van der Waals surface area (Å²) in [7, 11) is 0. The third-order valence-corrected chi connectivity index (χ3v) is 3.14. The van der Waals surface area contributed by atoms with Gasteiger partial charge in [-0.2, -0.15) is 5.06 Å². The summed E-state index contributed by atoms with van der Waals surface area (Å²) in [6, 6.07) is 0. The molecule has 0 aromatic rings. The summed E-state index contributed by atoms with van der Waals surface area (Å²) < 4.78 is 0. The average Bonchev–Trinajstić information content (AvgIpc) is 2.39. The molecule has 0 saturated carbocycles. The second kappa shape index (κ2) is 4.76. The lowest BCUT2D eigenvalue weighted by Gasteiger charge is -2.35. The maximum absolute atomic E-state index is 12.0. The van der Waals surface area contributed by atoms with E-state index < -0.39 is 11.1 Å². The summed E-state index contributed by atoms with van der Waals surface area (Å²) in [5.41, 5.74) is 4.78. The number of hydrogen-bond donors (Lipinski definition) is 3. The van der Waals surface area contributed by atoms with Crippen molar-refractivity contribution in [3.8, 4) is 0 Å². The molecular formula is C12H23N3O2. The second-order valence-electron chi connectivity index (χ2n) is 5.48. The van der Waals surface area contributed by atoms with Crippen molar-refractivity contribution in [2.75, 3.05) is 13.1 Å². The highest BCUT2D eigenvalue weighted by Gasteiger charge is 2.47. The third kappa shape index (κ3) is 2.68. The highest BCUT2D eigenvalue weighted by atomic mass is 16.5. The van der Waals surface area contributed by atoms with Gasteiger partial charge in [0.15, 0.2) is 0 Å². The van der Waals surface area contributed by atoms with E-state index in [-0.39, 0.29) is 5.91 Å². The van der Waals surface area contributed by atoms with E-state index in [1.54, 1.807) is 0 Å². The molecule has 0 aromatic carbocycles. The van der Waals surface area contributed by atoms with Crippen LogP contribution in [-0.2, 0) is 4.79 Å². The number of amides is 1. The van der Waals surface area contributed by atoms with Crippen molar-refractivity contribution in [2.45, 2.75) is 45.2 Å². The molecule has 0 aliphatic carbocycles. The molecule has 0 spiro atoms. The highest BCUT2D eigenvalue weighted by Crippen LogP contribution is 2.38. The van der Waals surface area contributed by atoms with Crippen LogP contribution < -0.4 is 11.1 Å². The Bertz CT molecular complexity index is 335. The lowest BCUT2D eigenvalue weighted by Crippen LogP contribution is -2.49. The van der Waals surface area contributed by atoms with Crippen LogP contribution in [0.2, 0.25) is 0 Å². The zero-order chi connectivity index (χ0) is 13.3. The molecule has 5 nitrogen and oxygen atoms in total. The van der Waals surface area contributed by atoms with E-state index in [4.69, 9.17) is 5.73 Å². The molecule has 1 aliphatic rings. The number of nitrogens with zero attached hydrogens (tertiary/aromatic N) is 1. The molecule has 1 heterocycles. The minimum atomic E-state index is -0.670. The van der Waals surface area contributed by atoms with Crippen LogP contribution in [0.5, 0.6) is 0 Å². The summed E-state index contributed by atoms with van der Waals surface area (Å²) in [5.74, 6) is -0.131. The summed E-state index contributed by atoms with van der Waals surface area (Å²) in [4.78, 5) is 12.0. The smallest absolute Gasteiger partial charge is 0.248 e. The number of nitrogens with two attached hydrogens (primary N) is 1. The average molecular weight is 241 g/mol. The molecule has 5 heteroatoms. The van der Waals surface area contributed by atoms with Crippen LogP contribution in [0.15, 0.2) is 11.6 Å². The Morgan fingerprint density at radius 3 is 2.47 bits per heavy atom. The van der Waals surface area contributed by atoms with Crippen LogP contribution in [0.1, 0.15) is 34.1 Å². The van der Waals surface area contributed by atoms with Crippen LogP contribution in [0.4, 0.5) is 0 Å². The van der Waals surface area contributed by atoms with E-state index in [1.165, 1.54) is 5.06 Å². The Balaban J connectivity index is 2.79. The summed E-state index contributed by atoms with van der Waals surface area (Å²) in [6.45, 7) is 8.52. The fourth-order valence-corrected chi connectivity index (χ4v) is 2.17. The molecule has 1 rings (SSSR count). The molecule has 4 N–H and O–H groups in total. The van der Waals surface area contributed by atoms with Gasteiger partial charge in [-0.05, 0) is 40.7 Å². The van der Waals surface area contributed by atoms with Crippen molar-refractivity contribution < 1.29 is 10.0 Å². The largest absolute Gasteiger partial charge is 0.352 e. The Hall–Kier alpha value is -0.910. The van der Waals surface area contributed by atoms with Crippen LogP contribution in [0.3, 0.4) is 0 Å². The Morgan fingerprint density at radius 2 is 2.06 bits per heavy atom. The molecule has 0 radical (unpaired) electrons. The maximum atomic E-state index is 12.0. The lowest BCUT2D eigenvalue weighted by molar-refractivity contribution is -0.186. The monoisotopic (exact) mass is 241 g/mol. The number of rotatable bonds is 4. The van der Waals surface area contributed by atoms with Gasteiger partial charge in [0.1, 0.15) is 0 Å². The van der Waals surface area contributed by atoms with Gasteiger partial charge >= 0.3 is 0 Å². The Labute approximate surface area is 103 Å². The van der Waals surface area contributed by atoms with Crippen molar-refractivity contribution in [1.29, 1.82) is 0 Å². The Kier molecular flexibility index (Phi) is 3.96. The van der Waals surface area contributed by atoms with E-state index in [1.807, 2.05) is 33.8 Å². The fraction of sp³-hybridized carbons (Fsp3) is 0.750. The van der Waals surface area contributed by atoms with E-state index in [2.05, 4.69) is 5.32 Å². The van der Waals surface area contributed by atoms with E-state index in [0.717, 1.165) is 6.42 Å². The molecule has 0 bridgehead atoms. The number of nitrogens with one attached hydrogen (secondary N) is 1. The molecule has 0 fully saturated rings. The molecule has 0 atom stereocenters. The SMILES string of the molecule is CC1(C)C=C(C(=O)NCCCN)C(C)(C)N1O. The first-order valence-corrected chi connectivity index (χ1v) is 5.94. The van der Waals surface area contributed by atoms with Gasteiger partial charge < -0.3 is 16.3 Å². The van der Waals surface area contributed by atoms with Crippen LogP contribution in [0, 0.1) is 0 Å². The lowest BCUT2D eigenvalue weighted by atomic mass is 9.96. The van der Waals surface area contributed by atoms with Crippen LogP contribution in [-0.4, -0.2) is 40.3 Å². The molecule has 17 heavy (non-hydrogen) atoms. The summed E-state index contributed by atoms with van der Waals surface area (Å²) in [6.07, 6.45) is 2.57. The molecular weight excluding hydrogens is 218 g/mol. The molecule has 1 aliphatic heterocycles. The first-order valence-electron chi connectivity index (χ1n) is 5.94. The quantitative estimate of drug-likeness (QED) is 0.631. The van der Waals surface area contributed by atoms with Gasteiger partial charge in [0.05, 0.1) is 11.1 Å². The minimum Gasteiger partial charge on any atom is -0.352 e. The number of carbonyl (C=O) groups excluding carboxylic acids is 1. The van der Waals surface area contributed by atoms with Gasteiger partial charge in [0.2, 0.25) is 5.91 Å². The van der Waals surface area contributed by atoms with Crippen molar-refractivity contribution in [2.24, 2.45) is 5.73 Å². The number of hydroxylamine groups is 2. The first-order chi connectivity index (χ1) is 7.73. The van der Waals surface area contributed by atoms with Crippen LogP contribution >= 0.6 is 0 Å². The van der Waals surface area contributed by atoms with E-state index >= 15 is 0 Å². The van der Waals surface area contributed by atoms with Crippen LogP contribution in [0.25, 0.3) is 0 Å². The number of carbonyl (C=O) groups is 1. The van der Waals surface area contributed by atoms with Gasteiger partial charge in [-0.25, -0.2) is 0 Å². The molecule has 98 valence electrons. The molecule has 0 unspecified atom stereocenters. The predicted molar refractivity (Wildman–Crippen MR) is 66.5 cm³/mol. The first kappa shape index (κ1) is 14.2. The molecule has 0 aromatic heterocycles. The van der Waals surface area contributed by atoms with Crippen molar-refractivity contribution >= 4 is 5.91 Å². The Morgan fingerprint density at radius 1 is 1.47 bits per heavy atom. The third-order valence-electron chi connectivity index (χ3n) is 3.14. The predicted octanol–water partition coefficient (Wildman–Crippen LogP) is 0.640. The minimum absolute atomic E-state index is 0.131. The standard InChI is InChI=1S/C12H23N3O2/c1-11(2)8-9(12(3,4)15(11)17)10(16)14-7-5-6-13/h8,17H,5-7,13H2,1-4H3,(H,14,16). The zero-order valence-corrected chi connectivity index (χ0v) is 11.1. The highest BCUT2D eigenvalue weighted by molar-refractivity contribution is 5.96. The van der Waals surface area contributed by atoms with Gasteiger partial charge in [-0.15, -0.1) is 0 Å². The van der Waals surface area contributed by atoms with Gasteiger partial charge in [0, 0.05) is 12.1 Å². The normalized spacial score (nSPS) is 22.4. The topological polar surface area (TPSA) is 78.6 Å². The van der Waals surface area contributed by atoms with Crippen molar-refractivity contribution in [3.63, 3.8) is 0 Å². The maximum Gasteiger partial charge on any atom is 0.248 e. The van der Waals surface area contributed by atoms with Gasteiger partial charge in [-0.1, -0.05) is 6.08 Å². The van der Waals surface area contributed by atoms with Crippen molar-refractivity contribution in [3.05, 3.63) is 11.6 Å². The number of hydrogen-bond acceptors (Lipinski definition) is 4.